The highest BCUT2D eigenvalue weighted by molar-refractivity contribution is 5.76. The summed E-state index contributed by atoms with van der Waals surface area (Å²) in [5, 5.41) is 54.5. The van der Waals surface area contributed by atoms with Gasteiger partial charge in [-0.1, -0.05) is 377 Å². The third-order valence-electron chi connectivity index (χ3n) is 19.9. The molecule has 6 N–H and O–H groups in total. The summed E-state index contributed by atoms with van der Waals surface area (Å²) >= 11 is 0. The van der Waals surface area contributed by atoms with Crippen molar-refractivity contribution in [3.8, 4) is 0 Å². The molecule has 1 fully saturated rings. The van der Waals surface area contributed by atoms with Gasteiger partial charge in [-0.25, -0.2) is 0 Å². The zero-order valence-corrected chi connectivity index (χ0v) is 63.1. The molecule has 0 saturated carbocycles. The number of hydrogen-bond acceptors (Lipinski definition) is 10. The molecular weight excluding hydrogens is 1190 g/mol. The highest BCUT2D eigenvalue weighted by Gasteiger charge is 2.44. The van der Waals surface area contributed by atoms with Gasteiger partial charge < -0.3 is 45.1 Å². The lowest BCUT2D eigenvalue weighted by Gasteiger charge is -2.40. The molecule has 1 amide bonds. The number of allylic oxidation sites excluding steroid dienone is 7. The normalized spacial score (nSPS) is 17.5. The summed E-state index contributed by atoms with van der Waals surface area (Å²) in [6.45, 7) is 4.38. The second-order valence-electron chi connectivity index (χ2n) is 29.2. The highest BCUT2D eigenvalue weighted by atomic mass is 16.7. The fraction of sp³-hybridized carbons (Fsp3) is 0.882. The lowest BCUT2D eigenvalue weighted by atomic mass is 9.99. The molecule has 0 aromatic rings. The van der Waals surface area contributed by atoms with Gasteiger partial charge in [0.2, 0.25) is 5.91 Å². The van der Waals surface area contributed by atoms with Crippen LogP contribution >= 0.6 is 0 Å². The Morgan fingerprint density at radius 3 is 1.09 bits per heavy atom. The van der Waals surface area contributed by atoms with Crippen LogP contribution < -0.4 is 5.32 Å². The molecule has 0 spiro atoms. The van der Waals surface area contributed by atoms with Gasteiger partial charge in [0.15, 0.2) is 6.29 Å². The molecule has 7 atom stereocenters. The number of ether oxygens (including phenoxy) is 3. The topological polar surface area (TPSA) is 175 Å². The number of unbranched alkanes of at least 4 members (excludes halogenated alkanes) is 55. The van der Waals surface area contributed by atoms with Gasteiger partial charge in [0.05, 0.1) is 32.0 Å². The van der Waals surface area contributed by atoms with Crippen molar-refractivity contribution < 1.29 is 49.3 Å². The minimum atomic E-state index is -1.58. The van der Waals surface area contributed by atoms with Gasteiger partial charge in [-0.3, -0.25) is 9.59 Å². The first-order chi connectivity index (χ1) is 47.2. The van der Waals surface area contributed by atoms with E-state index in [0.29, 0.717) is 19.4 Å². The molecule has 1 heterocycles. The van der Waals surface area contributed by atoms with E-state index in [0.717, 1.165) is 57.8 Å². The Labute approximate surface area is 593 Å². The number of hydrogen-bond donors (Lipinski definition) is 6. The molecule has 0 aromatic heterocycles. The van der Waals surface area contributed by atoms with E-state index in [-0.39, 0.29) is 18.5 Å². The molecule has 11 heteroatoms. The van der Waals surface area contributed by atoms with Gasteiger partial charge in [-0.2, -0.15) is 0 Å². The Morgan fingerprint density at radius 1 is 0.385 bits per heavy atom. The van der Waals surface area contributed by atoms with E-state index in [2.05, 4.69) is 55.6 Å². The van der Waals surface area contributed by atoms with Gasteiger partial charge in [-0.05, 0) is 77.0 Å². The van der Waals surface area contributed by atoms with Crippen molar-refractivity contribution in [1.82, 2.24) is 5.32 Å². The lowest BCUT2D eigenvalue weighted by molar-refractivity contribution is -0.302. The Kier molecular flexibility index (Phi) is 70.5. The van der Waals surface area contributed by atoms with Crippen LogP contribution in [-0.4, -0.2) is 100 Å². The number of carbonyl (C=O) groups excluding carboxylic acids is 2. The Bertz CT molecular complexity index is 1740. The maximum absolute atomic E-state index is 13.1. The summed E-state index contributed by atoms with van der Waals surface area (Å²) in [5.41, 5.74) is 0. The predicted octanol–water partition coefficient (Wildman–Crippen LogP) is 23.0. The monoisotopic (exact) mass is 1350 g/mol. The Hall–Kier alpha value is -2.38. The first-order valence-corrected chi connectivity index (χ1v) is 41.9. The maximum atomic E-state index is 13.1. The largest absolute Gasteiger partial charge is 0.466 e. The van der Waals surface area contributed by atoms with Gasteiger partial charge in [0.25, 0.3) is 0 Å². The number of aliphatic hydroxyl groups excluding tert-OH is 5. The van der Waals surface area contributed by atoms with E-state index in [1.165, 1.54) is 334 Å². The van der Waals surface area contributed by atoms with Crippen LogP contribution in [0.4, 0.5) is 0 Å². The number of amides is 1. The van der Waals surface area contributed by atoms with Crippen molar-refractivity contribution in [2.45, 2.75) is 461 Å². The minimum absolute atomic E-state index is 0.0186. The zero-order valence-electron chi connectivity index (χ0n) is 63.1. The van der Waals surface area contributed by atoms with Crippen molar-refractivity contribution in [3.05, 3.63) is 48.6 Å². The number of rotatable bonds is 75. The van der Waals surface area contributed by atoms with Crippen molar-refractivity contribution in [1.29, 1.82) is 0 Å². The third-order valence-corrected chi connectivity index (χ3v) is 19.9. The smallest absolute Gasteiger partial charge is 0.305 e. The summed E-state index contributed by atoms with van der Waals surface area (Å²) in [4.78, 5) is 25.2. The summed E-state index contributed by atoms with van der Waals surface area (Å²) in [5.74, 6) is -0.168. The third kappa shape index (κ3) is 61.5. The molecule has 0 aromatic carbocycles. The standard InChI is InChI=1S/C85H159NO10/c1-3-5-7-9-11-13-15-17-18-45-49-53-57-61-65-69-73-81(90)94-74-70-66-62-58-54-50-46-43-41-39-37-35-33-31-29-27-25-23-21-19-20-22-24-26-28-30-32-34-36-38-40-42-44-48-52-56-60-64-68-72-80(89)86-77(76-95-85-84(93)83(92)82(91)79(75-87)96-85)78(88)71-67-63-59-55-51-47-16-14-12-10-8-6-4-2/h19-20,23,25,51,55,67,71,77-79,82-85,87-88,91-93H,3-18,21-22,24,26-50,52-54,56-66,68-70,72-76H2,1-2H3,(H,86,89)/b20-19-,25-23-,55-51+,71-67+. The van der Waals surface area contributed by atoms with Crippen LogP contribution in [0.3, 0.4) is 0 Å². The molecule has 7 unspecified atom stereocenters. The molecule has 1 rings (SSSR count). The van der Waals surface area contributed by atoms with Crippen molar-refractivity contribution >= 4 is 11.9 Å². The zero-order chi connectivity index (χ0) is 69.4. The van der Waals surface area contributed by atoms with Crippen molar-refractivity contribution in [2.75, 3.05) is 19.8 Å². The molecule has 0 radical (unpaired) electrons. The van der Waals surface area contributed by atoms with Crippen LogP contribution in [-0.2, 0) is 23.8 Å². The van der Waals surface area contributed by atoms with E-state index >= 15 is 0 Å². The lowest BCUT2D eigenvalue weighted by Crippen LogP contribution is -2.60. The molecule has 564 valence electrons. The van der Waals surface area contributed by atoms with Crippen LogP contribution in [0.2, 0.25) is 0 Å². The van der Waals surface area contributed by atoms with Crippen LogP contribution in [0.1, 0.15) is 418 Å². The van der Waals surface area contributed by atoms with E-state index in [1.807, 2.05) is 6.08 Å². The fourth-order valence-corrected chi connectivity index (χ4v) is 13.4. The molecule has 1 aliphatic heterocycles. The van der Waals surface area contributed by atoms with Crippen LogP contribution in [0.5, 0.6) is 0 Å². The first kappa shape index (κ1) is 91.6. The average molecular weight is 1360 g/mol. The van der Waals surface area contributed by atoms with Gasteiger partial charge in [0.1, 0.15) is 24.4 Å². The van der Waals surface area contributed by atoms with Gasteiger partial charge in [0, 0.05) is 12.8 Å². The van der Waals surface area contributed by atoms with E-state index in [4.69, 9.17) is 14.2 Å². The summed E-state index contributed by atoms with van der Waals surface area (Å²) < 4.78 is 16.8. The summed E-state index contributed by atoms with van der Waals surface area (Å²) in [6.07, 6.45) is 88.8. The number of nitrogens with one attached hydrogen (secondary N) is 1. The molecule has 96 heavy (non-hydrogen) atoms. The van der Waals surface area contributed by atoms with Crippen molar-refractivity contribution in [2.24, 2.45) is 0 Å². The summed E-state index contributed by atoms with van der Waals surface area (Å²) in [7, 11) is 0. The molecular formula is C85H159NO10. The van der Waals surface area contributed by atoms with Crippen LogP contribution in [0.25, 0.3) is 0 Å². The fourth-order valence-electron chi connectivity index (χ4n) is 13.4. The van der Waals surface area contributed by atoms with E-state index in [9.17, 15) is 35.1 Å². The SMILES string of the molecule is CCCCCCCCC/C=C/CC/C=C/C(O)C(COC1OC(CO)C(O)C(O)C1O)NC(=O)CCCCCCCCCCCCCCCCCCC/C=C\C/C=C\CCCCCCCCCCCCCCCCCOC(=O)CCCCCCCCCCCCCCCCCC. The highest BCUT2D eigenvalue weighted by Crippen LogP contribution is 2.24. The van der Waals surface area contributed by atoms with Gasteiger partial charge >= 0.3 is 5.97 Å². The second-order valence-corrected chi connectivity index (χ2v) is 29.2. The number of esters is 1. The molecule has 11 nitrogen and oxygen atoms in total. The van der Waals surface area contributed by atoms with E-state index < -0.39 is 49.5 Å². The first-order valence-electron chi connectivity index (χ1n) is 41.9. The molecule has 0 aliphatic carbocycles. The number of aliphatic hydroxyl groups is 5. The van der Waals surface area contributed by atoms with Crippen LogP contribution in [0.15, 0.2) is 48.6 Å². The average Bonchev–Trinajstić information content (AvgIpc) is 0.843. The van der Waals surface area contributed by atoms with E-state index in [1.54, 1.807) is 6.08 Å². The van der Waals surface area contributed by atoms with Crippen LogP contribution in [0, 0.1) is 0 Å². The minimum Gasteiger partial charge on any atom is -0.466 e. The molecule has 1 saturated heterocycles. The quantitative estimate of drug-likeness (QED) is 0.0195. The molecule has 1 aliphatic rings. The Morgan fingerprint density at radius 2 is 0.708 bits per heavy atom. The maximum Gasteiger partial charge on any atom is 0.305 e. The second kappa shape index (κ2) is 73.8. The molecule has 0 bridgehead atoms. The van der Waals surface area contributed by atoms with Crippen molar-refractivity contribution in [3.63, 3.8) is 0 Å². The summed E-state index contributed by atoms with van der Waals surface area (Å²) in [6, 6.07) is -0.826. The predicted molar refractivity (Wildman–Crippen MR) is 407 cm³/mol. The Balaban J connectivity index is 1.89. The number of carbonyl (C=O) groups is 2. The van der Waals surface area contributed by atoms with Gasteiger partial charge in [-0.15, -0.1) is 0 Å².